The maximum Gasteiger partial charge on any atom is 0.435 e. The van der Waals surface area contributed by atoms with Gasteiger partial charge in [0, 0.05) is 33.2 Å². The molecule has 2 N–H and O–H groups in total. The molecule has 0 aliphatic carbocycles. The average molecular weight is 549 g/mol. The fourth-order valence-electron chi connectivity index (χ4n) is 3.87. The number of anilines is 3. The van der Waals surface area contributed by atoms with Gasteiger partial charge in [-0.1, -0.05) is 24.0 Å². The number of nitrogens with two attached hydrogens (primary N) is 1. The minimum absolute atomic E-state index is 0.0107. The van der Waals surface area contributed by atoms with Crippen LogP contribution in [-0.2, 0) is 10.9 Å². The summed E-state index contributed by atoms with van der Waals surface area (Å²) in [5.41, 5.74) is 4.51. The van der Waals surface area contributed by atoms with Crippen molar-refractivity contribution in [1.82, 2.24) is 14.8 Å². The number of cyclic esters (lactones) is 1. The number of carbonyl (C=O) groups excluding carboxylic acids is 3. The van der Waals surface area contributed by atoms with Crippen molar-refractivity contribution in [3.63, 3.8) is 0 Å². The number of alkyl halides is 3. The van der Waals surface area contributed by atoms with Crippen LogP contribution < -0.4 is 15.5 Å². The van der Waals surface area contributed by atoms with Crippen molar-refractivity contribution in [1.29, 1.82) is 0 Å². The summed E-state index contributed by atoms with van der Waals surface area (Å²) >= 11 is 4.16. The molecule has 2 aliphatic heterocycles. The van der Waals surface area contributed by atoms with E-state index in [9.17, 15) is 31.9 Å². The number of nitrogen functional groups attached to an aromatic ring is 1. The number of halogens is 4. The summed E-state index contributed by atoms with van der Waals surface area (Å²) in [4.78, 5) is 44.2. The third-order valence-electron chi connectivity index (χ3n) is 5.79. The lowest BCUT2D eigenvalue weighted by Gasteiger charge is -2.36. The molecule has 2 saturated heterocycles. The molecule has 0 spiro atoms. The number of amides is 3. The Hall–Kier alpha value is -3.27. The standard InChI is InChI=1S/C20H20F4N6O4S2/c1-27(19(33)35)13-9-30(18(32)34-13)10-2-3-12(11(21)8-10)28-4-6-29(7-5-28)16(31)14-15(20(22,23)24)26-17(25)36-14/h2-3,8,13H,4-7,9H2,1H3,(H2,25,26)(H,33,35). The molecule has 1 atom stereocenters. The van der Waals surface area contributed by atoms with E-state index in [1.807, 2.05) is 0 Å². The number of ether oxygens (including phenoxy) is 1. The van der Waals surface area contributed by atoms with Crippen LogP contribution in [0.15, 0.2) is 18.2 Å². The SMILES string of the molecule is CN(C(=O)S)C1CN(c2ccc(N3CCN(C(=O)c4sc(N)nc4C(F)(F)F)CC3)c(F)c2)C(=O)O1. The first-order valence-corrected chi connectivity index (χ1v) is 11.7. The monoisotopic (exact) mass is 548 g/mol. The lowest BCUT2D eigenvalue weighted by Crippen LogP contribution is -2.49. The van der Waals surface area contributed by atoms with Gasteiger partial charge in [-0.15, -0.1) is 0 Å². The number of aromatic nitrogens is 1. The van der Waals surface area contributed by atoms with Crippen molar-refractivity contribution in [2.45, 2.75) is 12.4 Å². The van der Waals surface area contributed by atoms with Crippen molar-refractivity contribution >= 4 is 57.7 Å². The maximum atomic E-state index is 15.0. The molecule has 1 unspecified atom stereocenters. The van der Waals surface area contributed by atoms with E-state index in [4.69, 9.17) is 10.5 Å². The first-order valence-electron chi connectivity index (χ1n) is 10.5. The highest BCUT2D eigenvalue weighted by Gasteiger charge is 2.41. The second-order valence-electron chi connectivity index (χ2n) is 7.99. The second-order valence-corrected chi connectivity index (χ2v) is 9.40. The van der Waals surface area contributed by atoms with E-state index in [1.165, 1.54) is 29.0 Å². The van der Waals surface area contributed by atoms with E-state index in [1.54, 1.807) is 4.90 Å². The summed E-state index contributed by atoms with van der Waals surface area (Å²) in [5.74, 6) is -1.48. The number of thiol groups is 1. The first-order chi connectivity index (χ1) is 16.9. The molecule has 0 saturated carbocycles. The van der Waals surface area contributed by atoms with Crippen molar-refractivity contribution < 1.29 is 36.7 Å². The van der Waals surface area contributed by atoms with Crippen LogP contribution in [0.3, 0.4) is 0 Å². The highest BCUT2D eigenvalue weighted by Crippen LogP contribution is 2.36. The van der Waals surface area contributed by atoms with Gasteiger partial charge < -0.3 is 20.3 Å². The van der Waals surface area contributed by atoms with Crippen molar-refractivity contribution in [2.24, 2.45) is 0 Å². The van der Waals surface area contributed by atoms with Crippen LogP contribution in [0.5, 0.6) is 0 Å². The Bertz CT molecular complexity index is 1200. The lowest BCUT2D eigenvalue weighted by atomic mass is 10.2. The molecule has 194 valence electrons. The highest BCUT2D eigenvalue weighted by atomic mass is 32.1. The van der Waals surface area contributed by atoms with Gasteiger partial charge in [0.1, 0.15) is 10.7 Å². The first kappa shape index (κ1) is 25.8. The van der Waals surface area contributed by atoms with Gasteiger partial charge in [0.2, 0.25) is 0 Å². The molecule has 2 aliphatic rings. The second kappa shape index (κ2) is 9.65. The summed E-state index contributed by atoms with van der Waals surface area (Å²) in [6, 6.07) is 4.12. The molecule has 1 aromatic carbocycles. The Balaban J connectivity index is 1.42. The van der Waals surface area contributed by atoms with E-state index in [0.29, 0.717) is 11.3 Å². The summed E-state index contributed by atoms with van der Waals surface area (Å²) in [5, 5.41) is -0.953. The Morgan fingerprint density at radius 1 is 1.25 bits per heavy atom. The fraction of sp³-hybridized carbons (Fsp3) is 0.400. The van der Waals surface area contributed by atoms with Crippen LogP contribution in [0, 0.1) is 5.82 Å². The van der Waals surface area contributed by atoms with E-state index in [-0.39, 0.29) is 49.2 Å². The molecule has 3 amide bonds. The van der Waals surface area contributed by atoms with Crippen molar-refractivity contribution in [2.75, 3.05) is 55.3 Å². The third kappa shape index (κ3) is 5.00. The topological polar surface area (TPSA) is 112 Å². The predicted molar refractivity (Wildman–Crippen MR) is 126 cm³/mol. The number of piperazine rings is 1. The minimum Gasteiger partial charge on any atom is -0.423 e. The molecule has 3 heterocycles. The number of thiazole rings is 1. The zero-order valence-electron chi connectivity index (χ0n) is 18.7. The van der Waals surface area contributed by atoms with Gasteiger partial charge in [0.25, 0.3) is 11.1 Å². The number of nitrogens with zero attached hydrogens (tertiary/aromatic N) is 5. The van der Waals surface area contributed by atoms with Crippen LogP contribution in [-0.4, -0.2) is 78.0 Å². The molecule has 1 aromatic heterocycles. The number of benzene rings is 1. The molecule has 4 rings (SSSR count). The molecule has 0 bridgehead atoms. The fourth-order valence-corrected chi connectivity index (χ4v) is 4.82. The van der Waals surface area contributed by atoms with Crippen LogP contribution in [0.2, 0.25) is 0 Å². The third-order valence-corrected chi connectivity index (χ3v) is 6.97. The summed E-state index contributed by atoms with van der Waals surface area (Å²) in [7, 11) is 1.42. The summed E-state index contributed by atoms with van der Waals surface area (Å²) in [6.45, 7) is 0.433. The van der Waals surface area contributed by atoms with E-state index < -0.39 is 46.0 Å². The van der Waals surface area contributed by atoms with Gasteiger partial charge in [0.05, 0.1) is 17.9 Å². The summed E-state index contributed by atoms with van der Waals surface area (Å²) < 4.78 is 59.7. The van der Waals surface area contributed by atoms with E-state index in [2.05, 4.69) is 17.6 Å². The zero-order chi connectivity index (χ0) is 26.4. The van der Waals surface area contributed by atoms with Crippen LogP contribution in [0.4, 0.5) is 43.7 Å². The summed E-state index contributed by atoms with van der Waals surface area (Å²) in [6.07, 6.45) is -6.43. The average Bonchev–Trinajstić information content (AvgIpc) is 3.41. The normalized spacial score (nSPS) is 18.4. The predicted octanol–water partition coefficient (Wildman–Crippen LogP) is 3.11. The number of hydrogen-bond acceptors (Lipinski definition) is 8. The molecule has 2 fully saturated rings. The highest BCUT2D eigenvalue weighted by molar-refractivity contribution is 7.96. The minimum atomic E-state index is -4.81. The molecule has 0 radical (unpaired) electrons. The number of likely N-dealkylation sites (N-methyl/N-ethyl adjacent to an activating group) is 1. The molecular formula is C20H20F4N6O4S2. The van der Waals surface area contributed by atoms with Gasteiger partial charge >= 0.3 is 12.3 Å². The van der Waals surface area contributed by atoms with Crippen molar-refractivity contribution in [3.8, 4) is 0 Å². The zero-order valence-corrected chi connectivity index (χ0v) is 20.4. The number of hydrogen-bond donors (Lipinski definition) is 2. The Morgan fingerprint density at radius 3 is 2.50 bits per heavy atom. The molecule has 36 heavy (non-hydrogen) atoms. The van der Waals surface area contributed by atoms with Gasteiger partial charge in [-0.2, -0.15) is 13.2 Å². The van der Waals surface area contributed by atoms with E-state index >= 15 is 0 Å². The van der Waals surface area contributed by atoms with Crippen LogP contribution >= 0.6 is 24.0 Å². The lowest BCUT2D eigenvalue weighted by molar-refractivity contribution is -0.141. The van der Waals surface area contributed by atoms with Crippen LogP contribution in [0.1, 0.15) is 15.4 Å². The van der Waals surface area contributed by atoms with Gasteiger partial charge in [-0.3, -0.25) is 19.4 Å². The number of rotatable bonds is 4. The van der Waals surface area contributed by atoms with Gasteiger partial charge in [-0.25, -0.2) is 14.2 Å². The molecular weight excluding hydrogens is 528 g/mol. The van der Waals surface area contributed by atoms with Crippen LogP contribution in [0.25, 0.3) is 0 Å². The van der Waals surface area contributed by atoms with Gasteiger partial charge in [-0.05, 0) is 18.2 Å². The van der Waals surface area contributed by atoms with Gasteiger partial charge in [0.15, 0.2) is 17.1 Å². The smallest absolute Gasteiger partial charge is 0.423 e. The molecule has 16 heteroatoms. The molecule has 10 nitrogen and oxygen atoms in total. The Morgan fingerprint density at radius 2 is 1.92 bits per heavy atom. The largest absolute Gasteiger partial charge is 0.435 e. The van der Waals surface area contributed by atoms with Crippen molar-refractivity contribution in [3.05, 3.63) is 34.6 Å². The quantitative estimate of drug-likeness (QED) is 0.446. The Kier molecular flexibility index (Phi) is 6.92. The molecule has 2 aromatic rings. The maximum absolute atomic E-state index is 15.0. The van der Waals surface area contributed by atoms with E-state index in [0.717, 1.165) is 11.0 Å². The number of carbonyl (C=O) groups is 3. The Labute approximate surface area is 211 Å².